The Bertz CT molecular complexity index is 1280. The van der Waals surface area contributed by atoms with Gasteiger partial charge in [-0.3, -0.25) is 10.2 Å². The Morgan fingerprint density at radius 1 is 0.973 bits per heavy atom. The average molecular weight is 492 g/mol. The van der Waals surface area contributed by atoms with Crippen molar-refractivity contribution in [2.24, 2.45) is 34.5 Å². The van der Waals surface area contributed by atoms with Crippen LogP contribution in [-0.4, -0.2) is 5.91 Å². The van der Waals surface area contributed by atoms with Gasteiger partial charge in [-0.1, -0.05) is 56.3 Å². The molecule has 6 atom stereocenters. The third-order valence-corrected chi connectivity index (χ3v) is 10.5. The van der Waals surface area contributed by atoms with Gasteiger partial charge in [0.2, 0.25) is 5.91 Å². The highest BCUT2D eigenvalue weighted by Crippen LogP contribution is 2.66. The van der Waals surface area contributed by atoms with Gasteiger partial charge in [-0.2, -0.15) is 5.26 Å². The molecular formula is C33H37N3O. The van der Waals surface area contributed by atoms with E-state index >= 15 is 0 Å². The standard InChI is InChI=1S/C33H37N3O/c1-32-19-17-23(22-34)21-24(32)13-14-27-28-15-16-30(33(28,2)20-18-29(27)32)31(37)36(26-11-7-4-8-12-26)35-25-9-5-3-6-10-25/h3-13,21,27-30,35H,14-20H2,1-2H3/t27-,28-,29-,30+,32-,33-/m0/s1. The van der Waals surface area contributed by atoms with Crippen LogP contribution in [0.5, 0.6) is 0 Å². The van der Waals surface area contributed by atoms with E-state index in [1.54, 1.807) is 5.01 Å². The Labute approximate surface area is 221 Å². The van der Waals surface area contributed by atoms with Crippen LogP contribution in [0.4, 0.5) is 11.4 Å². The lowest BCUT2D eigenvalue weighted by molar-refractivity contribution is -0.128. The molecule has 4 heteroatoms. The van der Waals surface area contributed by atoms with Crippen molar-refractivity contribution in [3.63, 3.8) is 0 Å². The number of para-hydroxylation sites is 2. The fourth-order valence-corrected chi connectivity index (χ4v) is 8.44. The molecule has 4 aliphatic rings. The monoisotopic (exact) mass is 491 g/mol. The van der Waals surface area contributed by atoms with E-state index in [-0.39, 0.29) is 22.7 Å². The first-order chi connectivity index (χ1) is 17.9. The smallest absolute Gasteiger partial charge is 0.249 e. The lowest BCUT2D eigenvalue weighted by Crippen LogP contribution is -2.52. The third kappa shape index (κ3) is 3.91. The van der Waals surface area contributed by atoms with Crippen molar-refractivity contribution in [1.29, 1.82) is 5.26 Å². The Morgan fingerprint density at radius 2 is 1.70 bits per heavy atom. The highest BCUT2D eigenvalue weighted by molar-refractivity contribution is 5.97. The summed E-state index contributed by atoms with van der Waals surface area (Å²) in [5.74, 6) is 2.02. The Balaban J connectivity index is 1.29. The van der Waals surface area contributed by atoms with Gasteiger partial charge in [-0.15, -0.1) is 0 Å². The van der Waals surface area contributed by atoms with Crippen molar-refractivity contribution in [1.82, 2.24) is 0 Å². The minimum atomic E-state index is 0.00416. The molecule has 0 aromatic heterocycles. The third-order valence-electron chi connectivity index (χ3n) is 10.5. The van der Waals surface area contributed by atoms with Crippen molar-refractivity contribution in [3.8, 4) is 6.07 Å². The van der Waals surface area contributed by atoms with Crippen LogP contribution >= 0.6 is 0 Å². The maximum atomic E-state index is 14.3. The zero-order valence-electron chi connectivity index (χ0n) is 22.0. The van der Waals surface area contributed by atoms with Gasteiger partial charge in [0.1, 0.15) is 0 Å². The molecule has 4 nitrogen and oxygen atoms in total. The molecule has 0 radical (unpaired) electrons. The van der Waals surface area contributed by atoms with Crippen LogP contribution in [0.1, 0.15) is 58.8 Å². The molecule has 0 unspecified atom stereocenters. The minimum absolute atomic E-state index is 0.00416. The lowest BCUT2D eigenvalue weighted by Gasteiger charge is -2.57. The van der Waals surface area contributed by atoms with Gasteiger partial charge in [0.05, 0.1) is 17.4 Å². The predicted molar refractivity (Wildman–Crippen MR) is 148 cm³/mol. The molecule has 2 saturated carbocycles. The molecule has 6 rings (SSSR count). The second kappa shape index (κ2) is 9.21. The van der Waals surface area contributed by atoms with E-state index in [1.807, 2.05) is 60.7 Å². The van der Waals surface area contributed by atoms with Crippen LogP contribution in [0, 0.1) is 45.8 Å². The number of allylic oxidation sites excluding steroid dienone is 4. The Kier molecular flexibility index (Phi) is 5.98. The van der Waals surface area contributed by atoms with Crippen molar-refractivity contribution >= 4 is 17.3 Å². The summed E-state index contributed by atoms with van der Waals surface area (Å²) in [6.07, 6.45) is 12.0. The predicted octanol–water partition coefficient (Wildman–Crippen LogP) is 7.69. The second-order valence-corrected chi connectivity index (χ2v) is 12.1. The number of fused-ring (bicyclic) bond motifs is 5. The maximum absolute atomic E-state index is 14.3. The topological polar surface area (TPSA) is 56.1 Å². The first-order valence-electron chi connectivity index (χ1n) is 14.0. The summed E-state index contributed by atoms with van der Waals surface area (Å²) in [7, 11) is 0. The van der Waals surface area contributed by atoms with E-state index in [2.05, 4.69) is 37.5 Å². The van der Waals surface area contributed by atoms with Crippen molar-refractivity contribution in [2.45, 2.75) is 58.8 Å². The highest BCUT2D eigenvalue weighted by Gasteiger charge is 2.60. The number of amides is 1. The van der Waals surface area contributed by atoms with Crippen LogP contribution in [0.25, 0.3) is 0 Å². The quantitative estimate of drug-likeness (QED) is 0.446. The number of hydrazine groups is 1. The van der Waals surface area contributed by atoms with E-state index in [1.165, 1.54) is 12.0 Å². The molecule has 0 aliphatic heterocycles. The van der Waals surface area contributed by atoms with Crippen LogP contribution < -0.4 is 10.4 Å². The number of nitriles is 1. The minimum Gasteiger partial charge on any atom is -0.291 e. The molecule has 4 aliphatic carbocycles. The summed E-state index contributed by atoms with van der Waals surface area (Å²) in [6, 6.07) is 22.4. The summed E-state index contributed by atoms with van der Waals surface area (Å²) in [4.78, 5) is 14.3. The molecule has 2 fully saturated rings. The molecule has 0 saturated heterocycles. The summed E-state index contributed by atoms with van der Waals surface area (Å²) >= 11 is 0. The zero-order chi connectivity index (χ0) is 25.6. The fraction of sp³-hybridized carbons (Fsp3) is 0.455. The van der Waals surface area contributed by atoms with Crippen LogP contribution in [0.3, 0.4) is 0 Å². The lowest BCUT2D eigenvalue weighted by atomic mass is 9.48. The first-order valence-corrected chi connectivity index (χ1v) is 14.0. The highest BCUT2D eigenvalue weighted by atomic mass is 16.2. The van der Waals surface area contributed by atoms with Crippen molar-refractivity contribution in [2.75, 3.05) is 10.4 Å². The normalized spacial score (nSPS) is 34.1. The number of hydrogen-bond donors (Lipinski definition) is 1. The first kappa shape index (κ1) is 24.0. The molecule has 1 amide bonds. The van der Waals surface area contributed by atoms with Gasteiger partial charge in [-0.05, 0) is 109 Å². The van der Waals surface area contributed by atoms with Gasteiger partial charge >= 0.3 is 0 Å². The maximum Gasteiger partial charge on any atom is 0.249 e. The molecule has 1 N–H and O–H groups in total. The van der Waals surface area contributed by atoms with Gasteiger partial charge in [-0.25, -0.2) is 5.01 Å². The van der Waals surface area contributed by atoms with E-state index in [9.17, 15) is 10.1 Å². The molecule has 0 spiro atoms. The van der Waals surface area contributed by atoms with Gasteiger partial charge in [0.25, 0.3) is 0 Å². The number of anilines is 2. The number of nitrogens with zero attached hydrogens (tertiary/aromatic N) is 2. The zero-order valence-corrected chi connectivity index (χ0v) is 22.0. The summed E-state index contributed by atoms with van der Waals surface area (Å²) in [5.41, 5.74) is 7.74. The van der Waals surface area contributed by atoms with E-state index < -0.39 is 0 Å². The van der Waals surface area contributed by atoms with Gasteiger partial charge < -0.3 is 0 Å². The molecule has 190 valence electrons. The van der Waals surface area contributed by atoms with Gasteiger partial charge in [0, 0.05) is 11.5 Å². The number of hydrogen-bond acceptors (Lipinski definition) is 3. The number of benzene rings is 2. The van der Waals surface area contributed by atoms with E-state index in [0.717, 1.165) is 55.5 Å². The largest absolute Gasteiger partial charge is 0.291 e. The number of carbonyl (C=O) groups is 1. The molecule has 2 aromatic carbocycles. The van der Waals surface area contributed by atoms with Crippen molar-refractivity contribution < 1.29 is 4.79 Å². The van der Waals surface area contributed by atoms with Gasteiger partial charge in [0.15, 0.2) is 0 Å². The van der Waals surface area contributed by atoms with E-state index in [4.69, 9.17) is 0 Å². The second-order valence-electron chi connectivity index (χ2n) is 12.1. The van der Waals surface area contributed by atoms with Crippen LogP contribution in [-0.2, 0) is 4.79 Å². The summed E-state index contributed by atoms with van der Waals surface area (Å²) < 4.78 is 0. The Hall–Kier alpha value is -3.32. The number of rotatable bonds is 4. The molecule has 37 heavy (non-hydrogen) atoms. The summed E-state index contributed by atoms with van der Waals surface area (Å²) in [5, 5.41) is 11.3. The summed E-state index contributed by atoms with van der Waals surface area (Å²) in [6.45, 7) is 4.85. The van der Waals surface area contributed by atoms with Crippen molar-refractivity contribution in [3.05, 3.63) is 84.0 Å². The average Bonchev–Trinajstić information content (AvgIpc) is 3.29. The SMILES string of the molecule is C[C@]12CC[C@H]3[C@@H](CC=C4C=C(C#N)CC[C@@]43C)[C@@H]1CC[C@@H]2C(=O)N(Nc1ccccc1)c1ccccc1. The number of carbonyl (C=O) groups excluding carboxylic acids is 1. The Morgan fingerprint density at radius 3 is 2.43 bits per heavy atom. The number of nitrogens with one attached hydrogen (secondary N) is 1. The van der Waals surface area contributed by atoms with Crippen LogP contribution in [0.2, 0.25) is 0 Å². The molecule has 2 aromatic rings. The van der Waals surface area contributed by atoms with E-state index in [0.29, 0.717) is 17.8 Å². The van der Waals surface area contributed by atoms with Crippen LogP contribution in [0.15, 0.2) is 84.0 Å². The molecule has 0 bridgehead atoms. The fourth-order valence-electron chi connectivity index (χ4n) is 8.44. The molecule has 0 heterocycles. The molecular weight excluding hydrogens is 454 g/mol.